The SMILES string of the molecule is CC(C(=O)O)N(c1ccc(F)cc1)S(=O)(=O)c1ccc(Br)cc1. The van der Waals surface area contributed by atoms with Gasteiger partial charge in [-0.25, -0.2) is 17.6 Å². The van der Waals surface area contributed by atoms with Crippen LogP contribution in [0.3, 0.4) is 0 Å². The van der Waals surface area contributed by atoms with Gasteiger partial charge in [-0.3, -0.25) is 4.31 Å². The van der Waals surface area contributed by atoms with Crippen LogP contribution in [0.15, 0.2) is 57.9 Å². The van der Waals surface area contributed by atoms with Crippen LogP contribution in [-0.4, -0.2) is 25.5 Å². The normalized spacial score (nSPS) is 12.7. The van der Waals surface area contributed by atoms with E-state index in [2.05, 4.69) is 15.9 Å². The van der Waals surface area contributed by atoms with Gasteiger partial charge in [0.1, 0.15) is 11.9 Å². The summed E-state index contributed by atoms with van der Waals surface area (Å²) in [6.07, 6.45) is 0. The minimum atomic E-state index is -4.12. The van der Waals surface area contributed by atoms with Gasteiger partial charge in [0, 0.05) is 4.47 Å². The van der Waals surface area contributed by atoms with E-state index in [1.165, 1.54) is 31.2 Å². The van der Waals surface area contributed by atoms with Crippen LogP contribution in [0.25, 0.3) is 0 Å². The maximum atomic E-state index is 13.1. The van der Waals surface area contributed by atoms with E-state index in [1.54, 1.807) is 12.1 Å². The molecule has 1 unspecified atom stereocenters. The lowest BCUT2D eigenvalue weighted by Crippen LogP contribution is -2.43. The first-order valence-electron chi connectivity index (χ1n) is 6.52. The van der Waals surface area contributed by atoms with Crippen molar-refractivity contribution in [2.75, 3.05) is 4.31 Å². The van der Waals surface area contributed by atoms with Crippen molar-refractivity contribution in [2.24, 2.45) is 0 Å². The van der Waals surface area contributed by atoms with E-state index in [9.17, 15) is 22.7 Å². The molecule has 0 spiro atoms. The summed E-state index contributed by atoms with van der Waals surface area (Å²) in [5.74, 6) is -1.85. The van der Waals surface area contributed by atoms with Crippen molar-refractivity contribution in [3.63, 3.8) is 0 Å². The molecule has 0 aliphatic carbocycles. The van der Waals surface area contributed by atoms with Gasteiger partial charge in [0.2, 0.25) is 0 Å². The van der Waals surface area contributed by atoms with Gasteiger partial charge in [0.15, 0.2) is 0 Å². The summed E-state index contributed by atoms with van der Waals surface area (Å²) in [5.41, 5.74) is 0.0734. The van der Waals surface area contributed by atoms with E-state index in [4.69, 9.17) is 0 Å². The van der Waals surface area contributed by atoms with Crippen LogP contribution in [0, 0.1) is 5.82 Å². The molecule has 0 radical (unpaired) electrons. The molecule has 0 heterocycles. The fourth-order valence-corrected chi connectivity index (χ4v) is 3.86. The van der Waals surface area contributed by atoms with Crippen molar-refractivity contribution in [3.8, 4) is 0 Å². The summed E-state index contributed by atoms with van der Waals surface area (Å²) in [5, 5.41) is 9.23. The highest BCUT2D eigenvalue weighted by atomic mass is 79.9. The van der Waals surface area contributed by atoms with Crippen molar-refractivity contribution in [2.45, 2.75) is 17.9 Å². The van der Waals surface area contributed by atoms with Crippen molar-refractivity contribution in [1.29, 1.82) is 0 Å². The van der Waals surface area contributed by atoms with Crippen molar-refractivity contribution in [3.05, 3.63) is 58.8 Å². The molecule has 1 N–H and O–H groups in total. The summed E-state index contributed by atoms with van der Waals surface area (Å²) in [7, 11) is -4.12. The molecule has 1 atom stereocenters. The fraction of sp³-hybridized carbons (Fsp3) is 0.133. The largest absolute Gasteiger partial charge is 0.480 e. The Morgan fingerprint density at radius 3 is 2.13 bits per heavy atom. The molecule has 0 saturated heterocycles. The number of nitrogens with zero attached hydrogens (tertiary/aromatic N) is 1. The van der Waals surface area contributed by atoms with E-state index in [1.807, 2.05) is 0 Å². The monoisotopic (exact) mass is 401 g/mol. The van der Waals surface area contributed by atoms with E-state index in [0.717, 1.165) is 16.4 Å². The third-order valence-electron chi connectivity index (χ3n) is 3.16. The zero-order valence-electron chi connectivity index (χ0n) is 12.0. The van der Waals surface area contributed by atoms with E-state index in [-0.39, 0.29) is 10.6 Å². The number of rotatable bonds is 5. The third kappa shape index (κ3) is 3.70. The van der Waals surface area contributed by atoms with Crippen LogP contribution < -0.4 is 4.31 Å². The highest BCUT2D eigenvalue weighted by Gasteiger charge is 2.33. The Balaban J connectivity index is 2.58. The number of benzene rings is 2. The second-order valence-electron chi connectivity index (χ2n) is 4.75. The molecular weight excluding hydrogens is 389 g/mol. The van der Waals surface area contributed by atoms with Gasteiger partial charge in [0.25, 0.3) is 10.0 Å². The maximum Gasteiger partial charge on any atom is 0.327 e. The second kappa shape index (κ2) is 6.67. The zero-order valence-corrected chi connectivity index (χ0v) is 14.4. The van der Waals surface area contributed by atoms with Crippen LogP contribution in [0.1, 0.15) is 6.92 Å². The number of carboxylic acid groups (broad SMARTS) is 1. The predicted molar refractivity (Wildman–Crippen MR) is 87.3 cm³/mol. The molecule has 0 aliphatic heterocycles. The predicted octanol–water partition coefficient (Wildman–Crippen LogP) is 3.26. The molecule has 2 aromatic carbocycles. The number of hydrogen-bond donors (Lipinski definition) is 1. The molecule has 0 aromatic heterocycles. The van der Waals surface area contributed by atoms with Crippen molar-refractivity contribution in [1.82, 2.24) is 0 Å². The Bertz CT molecular complexity index is 806. The summed E-state index contributed by atoms with van der Waals surface area (Å²) in [4.78, 5) is 11.3. The molecule has 0 aliphatic rings. The standard InChI is InChI=1S/C15H13BrFNO4S/c1-10(15(19)20)18(13-6-4-12(17)5-7-13)23(21,22)14-8-2-11(16)3-9-14/h2-10H,1H3,(H,19,20). The van der Waals surface area contributed by atoms with Crippen molar-refractivity contribution < 1.29 is 22.7 Å². The molecule has 0 fully saturated rings. The summed E-state index contributed by atoms with van der Waals surface area (Å²) < 4.78 is 40.2. The first kappa shape index (κ1) is 17.4. The minimum absolute atomic E-state index is 0.0573. The lowest BCUT2D eigenvalue weighted by Gasteiger charge is -2.28. The Kier molecular flexibility index (Phi) is 5.06. The molecule has 23 heavy (non-hydrogen) atoms. The number of anilines is 1. The number of halogens is 2. The summed E-state index contributed by atoms with van der Waals surface area (Å²) in [6.45, 7) is 1.25. The van der Waals surface area contributed by atoms with Gasteiger partial charge < -0.3 is 5.11 Å². The molecular formula is C15H13BrFNO4S. The quantitative estimate of drug-likeness (QED) is 0.833. The Labute approximate surface area is 141 Å². The lowest BCUT2D eigenvalue weighted by molar-refractivity contribution is -0.137. The van der Waals surface area contributed by atoms with Gasteiger partial charge in [0.05, 0.1) is 10.6 Å². The number of aliphatic carboxylic acids is 1. The smallest absolute Gasteiger partial charge is 0.327 e. The maximum absolute atomic E-state index is 13.1. The molecule has 122 valence electrons. The number of hydrogen-bond acceptors (Lipinski definition) is 3. The number of carbonyl (C=O) groups is 1. The third-order valence-corrected chi connectivity index (χ3v) is 5.60. The number of sulfonamides is 1. The Morgan fingerprint density at radius 1 is 1.13 bits per heavy atom. The average Bonchev–Trinajstić information content (AvgIpc) is 2.49. The van der Waals surface area contributed by atoms with Gasteiger partial charge in [-0.05, 0) is 55.5 Å². The number of carboxylic acids is 1. The average molecular weight is 402 g/mol. The van der Waals surface area contributed by atoms with Gasteiger partial charge in [-0.15, -0.1) is 0 Å². The highest BCUT2D eigenvalue weighted by Crippen LogP contribution is 2.27. The first-order valence-corrected chi connectivity index (χ1v) is 8.75. The van der Waals surface area contributed by atoms with E-state index >= 15 is 0 Å². The van der Waals surface area contributed by atoms with Crippen LogP contribution in [-0.2, 0) is 14.8 Å². The minimum Gasteiger partial charge on any atom is -0.480 e. The second-order valence-corrected chi connectivity index (χ2v) is 7.48. The van der Waals surface area contributed by atoms with Gasteiger partial charge >= 0.3 is 5.97 Å². The fourth-order valence-electron chi connectivity index (χ4n) is 1.98. The molecule has 0 amide bonds. The molecule has 2 aromatic rings. The van der Waals surface area contributed by atoms with E-state index < -0.39 is 27.9 Å². The van der Waals surface area contributed by atoms with Crippen LogP contribution in [0.5, 0.6) is 0 Å². The van der Waals surface area contributed by atoms with Gasteiger partial charge in [-0.2, -0.15) is 0 Å². The molecule has 0 saturated carbocycles. The highest BCUT2D eigenvalue weighted by molar-refractivity contribution is 9.10. The topological polar surface area (TPSA) is 74.7 Å². The molecule has 8 heteroatoms. The molecule has 5 nitrogen and oxygen atoms in total. The van der Waals surface area contributed by atoms with Crippen LogP contribution >= 0.6 is 15.9 Å². The van der Waals surface area contributed by atoms with E-state index in [0.29, 0.717) is 4.47 Å². The first-order chi connectivity index (χ1) is 10.7. The Morgan fingerprint density at radius 2 is 1.65 bits per heavy atom. The zero-order chi connectivity index (χ0) is 17.2. The lowest BCUT2D eigenvalue weighted by atomic mass is 10.2. The molecule has 2 rings (SSSR count). The Hall–Kier alpha value is -1.93. The summed E-state index contributed by atoms with van der Waals surface area (Å²) >= 11 is 3.21. The van der Waals surface area contributed by atoms with Crippen LogP contribution in [0.4, 0.5) is 10.1 Å². The van der Waals surface area contributed by atoms with Gasteiger partial charge in [-0.1, -0.05) is 15.9 Å². The molecule has 0 bridgehead atoms. The van der Waals surface area contributed by atoms with Crippen LogP contribution in [0.2, 0.25) is 0 Å². The van der Waals surface area contributed by atoms with Crippen molar-refractivity contribution >= 4 is 37.6 Å². The summed E-state index contributed by atoms with van der Waals surface area (Å²) in [6, 6.07) is 9.07.